The van der Waals surface area contributed by atoms with Crippen molar-refractivity contribution in [1.82, 2.24) is 38.8 Å². The van der Waals surface area contributed by atoms with Gasteiger partial charge in [-0.2, -0.15) is 20.4 Å². The summed E-state index contributed by atoms with van der Waals surface area (Å²) in [6.45, 7) is 28.5. The van der Waals surface area contributed by atoms with Gasteiger partial charge in [0.1, 0.15) is 46.5 Å². The number of benzene rings is 8. The molecule has 14 aromatic rings. The van der Waals surface area contributed by atoms with Gasteiger partial charge in [0.2, 0.25) is 0 Å². The number of anilines is 1. The van der Waals surface area contributed by atoms with Crippen LogP contribution in [-0.4, -0.2) is 77.1 Å². The van der Waals surface area contributed by atoms with E-state index in [0.29, 0.717) is 56.8 Å². The Morgan fingerprint density at radius 2 is 0.771 bits per heavy atom. The molecule has 1 aliphatic rings. The number of nitrogen functional groups attached to an aromatic ring is 1. The first kappa shape index (κ1) is 89.5. The highest BCUT2D eigenvalue weighted by Crippen LogP contribution is 2.39. The van der Waals surface area contributed by atoms with Crippen LogP contribution >= 0.6 is 15.9 Å². The lowest BCUT2D eigenvalue weighted by Crippen LogP contribution is -2.41. The second-order valence-corrected chi connectivity index (χ2v) is 33.1. The number of aryl methyl sites for hydroxylation is 4. The Hall–Kier alpha value is -10.8. The summed E-state index contributed by atoms with van der Waals surface area (Å²) in [7, 11) is 6.50. The SMILES string of the molecule is CC(C)Cc1cc(-c2ccc(F)cc2F)cc(-c2cnn3cc(-c4cnn(C)c4)ccc23)c1.CC(C)Cc1cc(B2OC(C)(C)C(C)(C)O2)cc(-c2ccc(F)cc2F)c1.COC(C)(C)OC.Cc1cc(CC(C)C)cc(-c2ccc(F)cc2F)c1.Cc1cc(N)cc(-c2ccc(F)cc2F)c1.Cn1cc(-c2ccc3c(Br)cnn3c2)cn1. The summed E-state index contributed by atoms with van der Waals surface area (Å²) >= 11 is 3.45. The van der Waals surface area contributed by atoms with Crippen molar-refractivity contribution >= 4 is 45.2 Å². The van der Waals surface area contributed by atoms with E-state index in [1.807, 2.05) is 176 Å². The van der Waals surface area contributed by atoms with Crippen molar-refractivity contribution in [3.05, 3.63) is 298 Å². The molecule has 118 heavy (non-hydrogen) atoms. The highest BCUT2D eigenvalue weighted by molar-refractivity contribution is 9.10. The fraction of sp³-hybridized carbons (Fsp3) is 0.284. The summed E-state index contributed by atoms with van der Waals surface area (Å²) in [5.74, 6) is -3.50. The van der Waals surface area contributed by atoms with Gasteiger partial charge in [0.05, 0.1) is 51.5 Å². The molecule has 2 N–H and O–H groups in total. The fourth-order valence-electron chi connectivity index (χ4n) is 13.4. The first-order valence-corrected chi connectivity index (χ1v) is 39.6. The van der Waals surface area contributed by atoms with E-state index >= 15 is 0 Å². The van der Waals surface area contributed by atoms with Crippen LogP contribution in [0.1, 0.15) is 111 Å². The number of hydrogen-bond acceptors (Lipinski definition) is 9. The Labute approximate surface area is 695 Å². The molecule has 616 valence electrons. The molecule has 1 fully saturated rings. The summed E-state index contributed by atoms with van der Waals surface area (Å²) in [6, 6.07) is 46.1. The van der Waals surface area contributed by atoms with Crippen LogP contribution in [0.15, 0.2) is 224 Å². The van der Waals surface area contributed by atoms with E-state index in [0.717, 1.165) is 131 Å². The second-order valence-electron chi connectivity index (χ2n) is 32.3. The molecule has 0 radical (unpaired) electrons. The Morgan fingerprint density at radius 3 is 1.16 bits per heavy atom. The number of fused-ring (bicyclic) bond motifs is 2. The number of nitrogens with zero attached hydrogens (tertiary/aromatic N) is 8. The van der Waals surface area contributed by atoms with E-state index in [9.17, 15) is 35.1 Å². The first-order chi connectivity index (χ1) is 55.7. The molecule has 0 aliphatic carbocycles. The number of rotatable bonds is 16. The maximum Gasteiger partial charge on any atom is 0.494 e. The minimum Gasteiger partial charge on any atom is -0.399 e. The first-order valence-electron chi connectivity index (χ1n) is 38.9. The Balaban J connectivity index is 0.000000156. The van der Waals surface area contributed by atoms with Crippen molar-refractivity contribution in [3.8, 4) is 77.9 Å². The van der Waals surface area contributed by atoms with Crippen LogP contribution in [0.2, 0.25) is 0 Å². The summed E-state index contributed by atoms with van der Waals surface area (Å²) in [5.41, 5.74) is 24.3. The van der Waals surface area contributed by atoms with Crippen molar-refractivity contribution < 1.29 is 53.9 Å². The van der Waals surface area contributed by atoms with E-state index < -0.39 is 70.6 Å². The normalized spacial score (nSPS) is 12.8. The number of ether oxygens (including phenoxy) is 2. The average Bonchev–Trinajstić information content (AvgIpc) is 1.59. The number of halogens is 9. The lowest BCUT2D eigenvalue weighted by atomic mass is 9.76. The Bertz CT molecular complexity index is 5770. The lowest BCUT2D eigenvalue weighted by molar-refractivity contribution is -0.178. The topological polar surface area (TPSA) is 133 Å². The van der Waals surface area contributed by atoms with E-state index in [1.54, 1.807) is 41.9 Å². The van der Waals surface area contributed by atoms with Crippen molar-refractivity contribution in [2.45, 2.75) is 133 Å². The van der Waals surface area contributed by atoms with Crippen LogP contribution in [0.25, 0.3) is 88.9 Å². The van der Waals surface area contributed by atoms with E-state index in [-0.39, 0.29) is 0 Å². The number of hydrogen-bond donors (Lipinski definition) is 1. The molecule has 0 spiro atoms. The maximum atomic E-state index is 14.6. The van der Waals surface area contributed by atoms with Gasteiger partial charge in [-0.15, -0.1) is 0 Å². The number of nitrogens with two attached hydrogens (primary N) is 1. The molecule has 7 heterocycles. The van der Waals surface area contributed by atoms with Gasteiger partial charge < -0.3 is 24.5 Å². The van der Waals surface area contributed by atoms with Gasteiger partial charge in [0, 0.05) is 133 Å². The van der Waals surface area contributed by atoms with E-state index in [4.69, 9.17) is 24.5 Å². The fourth-order valence-corrected chi connectivity index (χ4v) is 13.8. The average molecular weight is 1680 g/mol. The highest BCUT2D eigenvalue weighted by Gasteiger charge is 2.52. The third kappa shape index (κ3) is 23.5. The van der Waals surface area contributed by atoms with Crippen LogP contribution in [0.3, 0.4) is 0 Å². The molecule has 1 saturated heterocycles. The predicted octanol–water partition coefficient (Wildman–Crippen LogP) is 23.8. The molecule has 0 atom stereocenters. The molecule has 13 nitrogen and oxygen atoms in total. The van der Waals surface area contributed by atoms with E-state index in [2.05, 4.69) is 108 Å². The van der Waals surface area contributed by atoms with Crippen LogP contribution in [0, 0.1) is 78.1 Å². The number of pyridine rings is 2. The molecule has 23 heteroatoms. The molecule has 0 amide bonds. The molecular weight excluding hydrogens is 1570 g/mol. The molecule has 1 aliphatic heterocycles. The minimum atomic E-state index is -0.583. The molecule has 8 aromatic carbocycles. The smallest absolute Gasteiger partial charge is 0.399 e. The molecule has 0 bridgehead atoms. The molecule has 0 saturated carbocycles. The molecule has 0 unspecified atom stereocenters. The van der Waals surface area contributed by atoms with Gasteiger partial charge in [-0.05, 0) is 243 Å². The predicted molar refractivity (Wildman–Crippen MR) is 462 cm³/mol. The molecule has 6 aromatic heterocycles. The summed E-state index contributed by atoms with van der Waals surface area (Å²) in [5, 5.41) is 17.2. The van der Waals surface area contributed by atoms with Gasteiger partial charge in [0.25, 0.3) is 0 Å². The zero-order valence-corrected chi connectivity index (χ0v) is 71.5. The zero-order valence-electron chi connectivity index (χ0n) is 69.9. The van der Waals surface area contributed by atoms with Crippen LogP contribution in [0.4, 0.5) is 40.8 Å². The van der Waals surface area contributed by atoms with Gasteiger partial charge in [-0.1, -0.05) is 114 Å². The summed E-state index contributed by atoms with van der Waals surface area (Å²) in [6.07, 6.45) is 17.9. The van der Waals surface area contributed by atoms with Gasteiger partial charge in [0.15, 0.2) is 5.79 Å². The number of aromatic nitrogens is 8. The maximum absolute atomic E-state index is 14.6. The minimum absolute atomic E-state index is 0.358. The molecule has 15 rings (SSSR count). The summed E-state index contributed by atoms with van der Waals surface area (Å²) in [4.78, 5) is 0. The standard InChI is InChI=1S/C27H24F2N4.C22H27BF2O2.C17H18F2.C13H11F2N.C11H9BrN4.C5H12O2/c1-17(2)8-18-9-20(24-6-5-23(28)12-26(24)29)11-21(10-18)25-14-31-33-16-19(4-7-27(25)33)22-13-30-32(3)15-22;1-14(2)9-15-10-16(19-8-7-18(24)13-20(19)25)12-17(11-15)23-26-21(3,4)22(5,6)27-23;1-11(2)6-13-7-12(3)8-14(9-13)16-5-4-15(18)10-17(16)19;1-8-4-9(6-11(16)5-8)12-3-2-10(14)7-13(12)15;1-15-6-9(4-13-15)8-2-3-11-10(12)5-14-16(11)7-8;1-5(2,6-3)7-4/h4-7,9-17H,8H2,1-3H3;7-8,10-14H,9H2,1-6H3;4-5,7-11H,6H2,1-3H3;2-7H,16H2,1H3;2-7H,1H3;1-4H3. The molecular formula is C95H101BBrF8N9O4. The Kier molecular flexibility index (Phi) is 29.4. The van der Waals surface area contributed by atoms with Gasteiger partial charge in [-0.25, -0.2) is 44.2 Å². The monoisotopic (exact) mass is 1670 g/mol. The quantitative estimate of drug-likeness (QED) is 0.0434. The van der Waals surface area contributed by atoms with Gasteiger partial charge in [-0.3, -0.25) is 9.36 Å². The summed E-state index contributed by atoms with van der Waals surface area (Å²) < 4.78 is 139. The van der Waals surface area contributed by atoms with Crippen LogP contribution in [-0.2, 0) is 52.1 Å². The lowest BCUT2D eigenvalue weighted by Gasteiger charge is -2.32. The van der Waals surface area contributed by atoms with Crippen LogP contribution in [0.5, 0.6) is 0 Å². The van der Waals surface area contributed by atoms with Crippen molar-refractivity contribution in [2.24, 2.45) is 31.8 Å². The van der Waals surface area contributed by atoms with Crippen molar-refractivity contribution in [1.29, 1.82) is 0 Å². The second kappa shape index (κ2) is 38.7. The zero-order chi connectivity index (χ0) is 85.8. The van der Waals surface area contributed by atoms with Crippen molar-refractivity contribution in [2.75, 3.05) is 20.0 Å². The Morgan fingerprint density at radius 1 is 0.407 bits per heavy atom. The van der Waals surface area contributed by atoms with Crippen LogP contribution < -0.4 is 11.2 Å². The van der Waals surface area contributed by atoms with Gasteiger partial charge >= 0.3 is 7.12 Å². The third-order valence-corrected chi connectivity index (χ3v) is 20.6. The third-order valence-electron chi connectivity index (χ3n) is 20.0. The van der Waals surface area contributed by atoms with Crippen molar-refractivity contribution in [3.63, 3.8) is 0 Å². The largest absolute Gasteiger partial charge is 0.494 e. The van der Waals surface area contributed by atoms with E-state index in [1.165, 1.54) is 54.1 Å². The highest BCUT2D eigenvalue weighted by atomic mass is 79.9. The number of methoxy groups -OCH3 is 2.